The molecule has 0 saturated carbocycles. The van der Waals surface area contributed by atoms with Gasteiger partial charge in [-0.3, -0.25) is 0 Å². The predicted molar refractivity (Wildman–Crippen MR) is 68.0 cm³/mol. The van der Waals surface area contributed by atoms with Crippen molar-refractivity contribution in [2.45, 2.75) is 32.9 Å². The molecule has 0 unspecified atom stereocenters. The number of aryl methyl sites for hydroxylation is 1. The van der Waals surface area contributed by atoms with Crippen LogP contribution in [0.4, 0.5) is 5.69 Å². The number of nitrogens with one attached hydrogen (secondary N) is 1. The van der Waals surface area contributed by atoms with Crippen LogP contribution in [-0.2, 0) is 19.6 Å². The summed E-state index contributed by atoms with van der Waals surface area (Å²) in [4.78, 5) is 4.27. The van der Waals surface area contributed by atoms with Crippen LogP contribution in [0.25, 0.3) is 0 Å². The Bertz CT molecular complexity index is 496. The highest BCUT2D eigenvalue weighted by atomic mass is 16.5. The van der Waals surface area contributed by atoms with Gasteiger partial charge >= 0.3 is 0 Å². The van der Waals surface area contributed by atoms with Crippen molar-refractivity contribution in [2.24, 2.45) is 0 Å². The van der Waals surface area contributed by atoms with Gasteiger partial charge in [0.2, 0.25) is 5.89 Å². The number of nitrogens with zero attached hydrogens (tertiary/aromatic N) is 2. The quantitative estimate of drug-likeness (QED) is 0.818. The molecule has 2 N–H and O–H groups in total. The minimum Gasteiger partial charge on any atom is -0.392 e. The van der Waals surface area contributed by atoms with Crippen LogP contribution in [0, 0.1) is 0 Å². The zero-order valence-electron chi connectivity index (χ0n) is 10.4. The molecule has 0 radical (unpaired) electrons. The van der Waals surface area contributed by atoms with Gasteiger partial charge in [0, 0.05) is 12.1 Å². The van der Waals surface area contributed by atoms with Crippen molar-refractivity contribution in [3.8, 4) is 0 Å². The second-order valence-electron chi connectivity index (χ2n) is 4.07. The van der Waals surface area contributed by atoms with E-state index < -0.39 is 0 Å². The van der Waals surface area contributed by atoms with Gasteiger partial charge in [-0.25, -0.2) is 0 Å². The van der Waals surface area contributed by atoms with Crippen molar-refractivity contribution in [1.29, 1.82) is 0 Å². The van der Waals surface area contributed by atoms with Crippen molar-refractivity contribution in [3.63, 3.8) is 0 Å². The van der Waals surface area contributed by atoms with E-state index in [9.17, 15) is 0 Å². The van der Waals surface area contributed by atoms with E-state index in [1.54, 1.807) is 0 Å². The summed E-state index contributed by atoms with van der Waals surface area (Å²) in [5, 5.41) is 16.1. The van der Waals surface area contributed by atoms with Crippen LogP contribution in [0.15, 0.2) is 28.8 Å². The number of anilines is 1. The number of aliphatic hydroxyl groups is 1. The zero-order valence-corrected chi connectivity index (χ0v) is 10.4. The van der Waals surface area contributed by atoms with Crippen molar-refractivity contribution in [1.82, 2.24) is 10.1 Å². The smallest absolute Gasteiger partial charge is 0.245 e. The minimum absolute atomic E-state index is 0.0384. The van der Waals surface area contributed by atoms with Gasteiger partial charge in [-0.1, -0.05) is 24.2 Å². The first-order valence-corrected chi connectivity index (χ1v) is 6.07. The first-order valence-electron chi connectivity index (χ1n) is 6.07. The number of hydrogen-bond acceptors (Lipinski definition) is 5. The second-order valence-corrected chi connectivity index (χ2v) is 4.07. The summed E-state index contributed by atoms with van der Waals surface area (Å²) in [5.41, 5.74) is 1.80. The predicted octanol–water partition coefficient (Wildman–Crippen LogP) is 2.13. The first-order chi connectivity index (χ1) is 8.81. The van der Waals surface area contributed by atoms with E-state index in [-0.39, 0.29) is 6.61 Å². The average Bonchev–Trinajstić information content (AvgIpc) is 2.85. The highest BCUT2D eigenvalue weighted by molar-refractivity contribution is 5.45. The number of aromatic nitrogens is 2. The maximum absolute atomic E-state index is 9.04. The van der Waals surface area contributed by atoms with E-state index in [1.165, 1.54) is 0 Å². The van der Waals surface area contributed by atoms with E-state index in [0.29, 0.717) is 12.4 Å². The summed E-state index contributed by atoms with van der Waals surface area (Å²) in [6, 6.07) is 7.59. The summed E-state index contributed by atoms with van der Waals surface area (Å²) in [5.74, 6) is 1.33. The summed E-state index contributed by atoms with van der Waals surface area (Å²) >= 11 is 0. The van der Waals surface area contributed by atoms with Crippen LogP contribution in [0.5, 0.6) is 0 Å². The molecule has 1 aromatic carbocycles. The normalized spacial score (nSPS) is 10.6. The Balaban J connectivity index is 1.93. The fourth-order valence-corrected chi connectivity index (χ4v) is 1.64. The molecule has 2 rings (SSSR count). The largest absolute Gasteiger partial charge is 0.392 e. The van der Waals surface area contributed by atoms with Crippen LogP contribution in [0.2, 0.25) is 0 Å². The fourth-order valence-electron chi connectivity index (χ4n) is 1.64. The van der Waals surface area contributed by atoms with Crippen molar-refractivity contribution in [3.05, 3.63) is 41.5 Å². The lowest BCUT2D eigenvalue weighted by molar-refractivity contribution is 0.282. The Morgan fingerprint density at radius 3 is 3.06 bits per heavy atom. The van der Waals surface area contributed by atoms with Gasteiger partial charge in [0.1, 0.15) is 0 Å². The molecule has 0 atom stereocenters. The highest BCUT2D eigenvalue weighted by Crippen LogP contribution is 2.11. The number of hydrogen-bond donors (Lipinski definition) is 2. The third-order valence-corrected chi connectivity index (χ3v) is 2.54. The molecule has 0 aliphatic heterocycles. The molecule has 0 aliphatic rings. The van der Waals surface area contributed by atoms with Crippen LogP contribution in [0.1, 0.15) is 30.6 Å². The van der Waals surface area contributed by atoms with Crippen LogP contribution < -0.4 is 5.32 Å². The molecule has 0 amide bonds. The van der Waals surface area contributed by atoms with Crippen LogP contribution in [-0.4, -0.2) is 15.2 Å². The molecule has 1 heterocycles. The Hall–Kier alpha value is -1.88. The molecule has 0 saturated heterocycles. The topological polar surface area (TPSA) is 71.2 Å². The van der Waals surface area contributed by atoms with Gasteiger partial charge in [-0.05, 0) is 24.1 Å². The fraction of sp³-hybridized carbons (Fsp3) is 0.385. The van der Waals surface area contributed by atoms with Crippen molar-refractivity contribution in [2.75, 3.05) is 5.32 Å². The number of benzene rings is 1. The zero-order chi connectivity index (χ0) is 12.8. The number of aliphatic hydroxyl groups excluding tert-OH is 1. The molecule has 96 valence electrons. The Labute approximate surface area is 106 Å². The van der Waals surface area contributed by atoms with Crippen LogP contribution in [0.3, 0.4) is 0 Å². The molecule has 5 heteroatoms. The summed E-state index contributed by atoms with van der Waals surface area (Å²) in [6.07, 6.45) is 1.84. The highest BCUT2D eigenvalue weighted by Gasteiger charge is 2.05. The minimum atomic E-state index is 0.0384. The Kier molecular flexibility index (Phi) is 4.30. The SMILES string of the molecule is CCCc1noc(CNc2cccc(CO)c2)n1. The van der Waals surface area contributed by atoms with Gasteiger partial charge in [-0.15, -0.1) is 0 Å². The lowest BCUT2D eigenvalue weighted by atomic mass is 10.2. The molecule has 2 aromatic rings. The van der Waals surface area contributed by atoms with Gasteiger partial charge in [0.25, 0.3) is 0 Å². The third kappa shape index (κ3) is 3.30. The maximum Gasteiger partial charge on any atom is 0.245 e. The average molecular weight is 247 g/mol. The lowest BCUT2D eigenvalue weighted by Gasteiger charge is -2.04. The monoisotopic (exact) mass is 247 g/mol. The standard InChI is InChI=1S/C13H17N3O2/c1-2-4-12-15-13(18-16-12)8-14-11-6-3-5-10(7-11)9-17/h3,5-7,14,17H,2,4,8-9H2,1H3. The molecular weight excluding hydrogens is 230 g/mol. The molecular formula is C13H17N3O2. The molecule has 18 heavy (non-hydrogen) atoms. The van der Waals surface area contributed by atoms with E-state index in [2.05, 4.69) is 22.4 Å². The lowest BCUT2D eigenvalue weighted by Crippen LogP contribution is -2.00. The molecule has 0 bridgehead atoms. The van der Waals surface area contributed by atoms with E-state index >= 15 is 0 Å². The second kappa shape index (κ2) is 6.16. The molecule has 0 fully saturated rings. The van der Waals surface area contributed by atoms with Crippen molar-refractivity contribution >= 4 is 5.69 Å². The summed E-state index contributed by atoms with van der Waals surface area (Å²) in [6.45, 7) is 2.61. The Morgan fingerprint density at radius 2 is 2.28 bits per heavy atom. The van der Waals surface area contributed by atoms with Gasteiger partial charge in [0.05, 0.1) is 13.2 Å². The van der Waals surface area contributed by atoms with E-state index in [4.69, 9.17) is 9.63 Å². The van der Waals surface area contributed by atoms with Gasteiger partial charge in [0.15, 0.2) is 5.82 Å². The van der Waals surface area contributed by atoms with Gasteiger partial charge in [-0.2, -0.15) is 4.98 Å². The first kappa shape index (κ1) is 12.6. The molecule has 0 spiro atoms. The van der Waals surface area contributed by atoms with E-state index in [1.807, 2.05) is 24.3 Å². The molecule has 5 nitrogen and oxygen atoms in total. The Morgan fingerprint density at radius 1 is 1.39 bits per heavy atom. The van der Waals surface area contributed by atoms with Crippen LogP contribution >= 0.6 is 0 Å². The van der Waals surface area contributed by atoms with Gasteiger partial charge < -0.3 is 14.9 Å². The summed E-state index contributed by atoms with van der Waals surface area (Å²) < 4.78 is 5.12. The van der Waals surface area contributed by atoms with E-state index in [0.717, 1.165) is 29.9 Å². The molecule has 0 aliphatic carbocycles. The van der Waals surface area contributed by atoms with Crippen molar-refractivity contribution < 1.29 is 9.63 Å². The third-order valence-electron chi connectivity index (χ3n) is 2.54. The number of rotatable bonds is 6. The summed E-state index contributed by atoms with van der Waals surface area (Å²) in [7, 11) is 0. The molecule has 1 aromatic heterocycles. The maximum atomic E-state index is 9.04.